The van der Waals surface area contributed by atoms with E-state index >= 15 is 0 Å². The molecule has 0 saturated heterocycles. The Kier molecular flexibility index (Phi) is 12.2. The summed E-state index contributed by atoms with van der Waals surface area (Å²) in [4.78, 5) is 83.0. The standard InChI is InChI=1S/C22H30N6O9/c23-12(9-17(25)30)19(33)27-14(8-11-4-2-1-3-5-11)20(34)28-15(10-18(31)32)21(35)26-13(22(36)37)6-7-16(24)29/h1-5,12-15H,6-10,23H2,(H2,24,29)(H2,25,30)(H,26,35)(H,27,33)(H,28,34)(H,31,32)(H,36,37). The lowest BCUT2D eigenvalue weighted by Gasteiger charge is -2.24. The highest BCUT2D eigenvalue weighted by atomic mass is 16.4. The number of aliphatic carboxylic acids is 2. The number of rotatable bonds is 16. The molecule has 5 amide bonds. The van der Waals surface area contributed by atoms with Gasteiger partial charge < -0.3 is 43.4 Å². The summed E-state index contributed by atoms with van der Waals surface area (Å²) in [6.45, 7) is 0. The third kappa shape index (κ3) is 11.6. The zero-order valence-electron chi connectivity index (χ0n) is 19.7. The van der Waals surface area contributed by atoms with E-state index in [1.54, 1.807) is 30.3 Å². The minimum Gasteiger partial charge on any atom is -0.481 e. The van der Waals surface area contributed by atoms with Crippen molar-refractivity contribution in [2.75, 3.05) is 0 Å². The van der Waals surface area contributed by atoms with Crippen LogP contribution in [0, 0.1) is 0 Å². The van der Waals surface area contributed by atoms with Gasteiger partial charge in [0.1, 0.15) is 18.1 Å². The maximum atomic E-state index is 13.1. The average molecular weight is 523 g/mol. The maximum Gasteiger partial charge on any atom is 0.326 e. The number of amides is 5. The Morgan fingerprint density at radius 1 is 0.730 bits per heavy atom. The van der Waals surface area contributed by atoms with Crippen molar-refractivity contribution in [1.29, 1.82) is 0 Å². The summed E-state index contributed by atoms with van der Waals surface area (Å²) in [5.74, 6) is -7.69. The Labute approximate surface area is 211 Å². The molecule has 4 unspecified atom stereocenters. The van der Waals surface area contributed by atoms with Crippen LogP contribution in [-0.2, 0) is 40.0 Å². The summed E-state index contributed by atoms with van der Waals surface area (Å²) < 4.78 is 0. The summed E-state index contributed by atoms with van der Waals surface area (Å²) in [5.41, 5.74) is 16.3. The van der Waals surface area contributed by atoms with Gasteiger partial charge in [0.15, 0.2) is 0 Å². The van der Waals surface area contributed by atoms with Gasteiger partial charge in [-0.2, -0.15) is 0 Å². The molecule has 0 radical (unpaired) electrons. The summed E-state index contributed by atoms with van der Waals surface area (Å²) in [6.07, 6.45) is -2.26. The van der Waals surface area contributed by atoms with Crippen molar-refractivity contribution in [2.45, 2.75) is 56.3 Å². The summed E-state index contributed by atoms with van der Waals surface area (Å²) in [7, 11) is 0. The maximum absolute atomic E-state index is 13.1. The lowest BCUT2D eigenvalue weighted by Crippen LogP contribution is -2.58. The topological polar surface area (TPSA) is 274 Å². The molecule has 0 spiro atoms. The molecule has 1 rings (SSSR count). The number of nitrogens with two attached hydrogens (primary N) is 3. The predicted molar refractivity (Wildman–Crippen MR) is 126 cm³/mol. The smallest absolute Gasteiger partial charge is 0.326 e. The molecule has 15 nitrogen and oxygen atoms in total. The molecule has 0 aliphatic heterocycles. The van der Waals surface area contributed by atoms with E-state index in [-0.39, 0.29) is 19.3 Å². The fourth-order valence-electron chi connectivity index (χ4n) is 3.12. The van der Waals surface area contributed by atoms with Gasteiger partial charge in [-0.05, 0) is 12.0 Å². The summed E-state index contributed by atoms with van der Waals surface area (Å²) in [6, 6.07) is 2.29. The molecule has 0 heterocycles. The van der Waals surface area contributed by atoms with Crippen LogP contribution in [0.3, 0.4) is 0 Å². The second-order valence-electron chi connectivity index (χ2n) is 8.09. The molecule has 1 aromatic rings. The predicted octanol–water partition coefficient (Wildman–Crippen LogP) is -3.29. The van der Waals surface area contributed by atoms with E-state index in [9.17, 15) is 43.8 Å². The highest BCUT2D eigenvalue weighted by Crippen LogP contribution is 2.06. The molecule has 0 aromatic heterocycles. The number of primary amides is 2. The minimum atomic E-state index is -1.74. The van der Waals surface area contributed by atoms with Crippen molar-refractivity contribution in [1.82, 2.24) is 16.0 Å². The van der Waals surface area contributed by atoms with Gasteiger partial charge in [-0.25, -0.2) is 4.79 Å². The first-order valence-corrected chi connectivity index (χ1v) is 11.0. The minimum absolute atomic E-state index is 0.0977. The van der Waals surface area contributed by atoms with Gasteiger partial charge in [0.2, 0.25) is 29.5 Å². The Bertz CT molecular complexity index is 1020. The van der Waals surface area contributed by atoms with Crippen LogP contribution in [0.1, 0.15) is 31.2 Å². The number of hydrogen-bond donors (Lipinski definition) is 8. The van der Waals surface area contributed by atoms with Crippen LogP contribution < -0.4 is 33.2 Å². The van der Waals surface area contributed by atoms with Crippen LogP contribution in [-0.4, -0.2) is 75.9 Å². The zero-order chi connectivity index (χ0) is 28.1. The molecule has 0 saturated carbocycles. The molecule has 4 atom stereocenters. The number of hydrogen-bond acceptors (Lipinski definition) is 8. The third-order valence-corrected chi connectivity index (χ3v) is 4.98. The van der Waals surface area contributed by atoms with E-state index in [1.165, 1.54) is 0 Å². The first kappa shape index (κ1) is 30.5. The third-order valence-electron chi connectivity index (χ3n) is 4.98. The van der Waals surface area contributed by atoms with Crippen LogP contribution in [0.5, 0.6) is 0 Å². The van der Waals surface area contributed by atoms with E-state index in [2.05, 4.69) is 16.0 Å². The molecular formula is C22H30N6O9. The van der Waals surface area contributed by atoms with Gasteiger partial charge in [0.05, 0.1) is 18.9 Å². The average Bonchev–Trinajstić information content (AvgIpc) is 2.80. The molecule has 0 aliphatic carbocycles. The van der Waals surface area contributed by atoms with Gasteiger partial charge in [0.25, 0.3) is 0 Å². The SMILES string of the molecule is NC(=O)CCC(NC(=O)C(CC(=O)O)NC(=O)C(Cc1ccccc1)NC(=O)C(N)CC(N)=O)C(=O)O. The molecule has 1 aromatic carbocycles. The van der Waals surface area contributed by atoms with Crippen molar-refractivity contribution in [3.63, 3.8) is 0 Å². The van der Waals surface area contributed by atoms with Crippen LogP contribution in [0.25, 0.3) is 0 Å². The van der Waals surface area contributed by atoms with Crippen molar-refractivity contribution in [3.8, 4) is 0 Å². The quantitative estimate of drug-likeness (QED) is 0.107. The Morgan fingerprint density at radius 3 is 1.78 bits per heavy atom. The highest BCUT2D eigenvalue weighted by Gasteiger charge is 2.32. The molecule has 0 bridgehead atoms. The van der Waals surface area contributed by atoms with Crippen LogP contribution in [0.4, 0.5) is 0 Å². The summed E-state index contributed by atoms with van der Waals surface area (Å²) in [5, 5.41) is 25.1. The molecular weight excluding hydrogens is 492 g/mol. The molecule has 37 heavy (non-hydrogen) atoms. The van der Waals surface area contributed by atoms with E-state index in [0.717, 1.165) is 0 Å². The Morgan fingerprint density at radius 2 is 1.27 bits per heavy atom. The summed E-state index contributed by atoms with van der Waals surface area (Å²) >= 11 is 0. The van der Waals surface area contributed by atoms with Gasteiger partial charge in [0, 0.05) is 12.8 Å². The number of nitrogens with one attached hydrogen (secondary N) is 3. The zero-order valence-corrected chi connectivity index (χ0v) is 19.7. The van der Waals surface area contributed by atoms with Crippen LogP contribution in [0.2, 0.25) is 0 Å². The second kappa shape index (κ2) is 14.8. The number of benzene rings is 1. The number of carboxylic acids is 2. The Balaban J connectivity index is 3.11. The van der Waals surface area contributed by atoms with Crippen LogP contribution in [0.15, 0.2) is 30.3 Å². The number of carboxylic acid groups (broad SMARTS) is 2. The second-order valence-corrected chi connectivity index (χ2v) is 8.09. The van der Waals surface area contributed by atoms with E-state index in [4.69, 9.17) is 17.2 Å². The monoisotopic (exact) mass is 522 g/mol. The first-order valence-electron chi connectivity index (χ1n) is 11.0. The van der Waals surface area contributed by atoms with E-state index in [0.29, 0.717) is 5.56 Å². The van der Waals surface area contributed by atoms with E-state index in [1.807, 2.05) is 0 Å². The van der Waals surface area contributed by atoms with Crippen LogP contribution >= 0.6 is 0 Å². The number of carbonyl (C=O) groups excluding carboxylic acids is 5. The van der Waals surface area contributed by atoms with Gasteiger partial charge >= 0.3 is 11.9 Å². The van der Waals surface area contributed by atoms with Gasteiger partial charge in [-0.3, -0.25) is 28.8 Å². The van der Waals surface area contributed by atoms with E-state index < -0.39 is 78.5 Å². The number of carbonyl (C=O) groups is 7. The molecule has 202 valence electrons. The van der Waals surface area contributed by atoms with Crippen molar-refractivity contribution >= 4 is 41.5 Å². The normalized spacial score (nSPS) is 13.8. The largest absolute Gasteiger partial charge is 0.481 e. The fourth-order valence-corrected chi connectivity index (χ4v) is 3.12. The lowest BCUT2D eigenvalue weighted by molar-refractivity contribution is -0.143. The van der Waals surface area contributed by atoms with Gasteiger partial charge in [-0.1, -0.05) is 30.3 Å². The lowest BCUT2D eigenvalue weighted by atomic mass is 10.0. The molecule has 15 heteroatoms. The fraction of sp³-hybridized carbons (Fsp3) is 0.409. The molecule has 0 fully saturated rings. The Hall–Kier alpha value is -4.53. The molecule has 11 N–H and O–H groups in total. The van der Waals surface area contributed by atoms with Crippen molar-refractivity contribution in [2.24, 2.45) is 17.2 Å². The van der Waals surface area contributed by atoms with Crippen molar-refractivity contribution in [3.05, 3.63) is 35.9 Å². The highest BCUT2D eigenvalue weighted by molar-refractivity contribution is 5.96. The van der Waals surface area contributed by atoms with Crippen molar-refractivity contribution < 1.29 is 43.8 Å². The molecule has 0 aliphatic rings. The van der Waals surface area contributed by atoms with Gasteiger partial charge in [-0.15, -0.1) is 0 Å². The first-order chi connectivity index (χ1) is 17.3.